The largest absolute Gasteiger partial charge is 0.345 e. The van der Waals surface area contributed by atoms with Crippen LogP contribution >= 0.6 is 0 Å². The minimum absolute atomic E-state index is 0.0914. The van der Waals surface area contributed by atoms with Crippen LogP contribution in [0, 0.1) is 5.92 Å². The third-order valence-electron chi connectivity index (χ3n) is 5.77. The van der Waals surface area contributed by atoms with Gasteiger partial charge in [0.05, 0.1) is 6.54 Å². The number of rotatable bonds is 4. The highest BCUT2D eigenvalue weighted by atomic mass is 16.2. The molecule has 138 valence electrons. The van der Waals surface area contributed by atoms with Crippen molar-refractivity contribution in [2.45, 2.75) is 44.6 Å². The Morgan fingerprint density at radius 3 is 2.62 bits per heavy atom. The van der Waals surface area contributed by atoms with Crippen molar-refractivity contribution in [2.24, 2.45) is 13.0 Å². The summed E-state index contributed by atoms with van der Waals surface area (Å²) >= 11 is 0. The summed E-state index contributed by atoms with van der Waals surface area (Å²) in [6.45, 7) is 2.04. The van der Waals surface area contributed by atoms with Crippen molar-refractivity contribution in [3.63, 3.8) is 0 Å². The molecule has 0 spiro atoms. The van der Waals surface area contributed by atoms with Crippen molar-refractivity contribution in [1.29, 1.82) is 0 Å². The zero-order valence-electron chi connectivity index (χ0n) is 15.3. The second-order valence-corrected chi connectivity index (χ2v) is 7.59. The number of amides is 1. The van der Waals surface area contributed by atoms with Gasteiger partial charge in [0.1, 0.15) is 5.82 Å². The van der Waals surface area contributed by atoms with Crippen LogP contribution in [0.4, 0.5) is 0 Å². The van der Waals surface area contributed by atoms with E-state index in [0.29, 0.717) is 19.0 Å². The summed E-state index contributed by atoms with van der Waals surface area (Å²) in [6, 6.07) is 9.99. The maximum absolute atomic E-state index is 12.6. The van der Waals surface area contributed by atoms with Gasteiger partial charge < -0.3 is 4.90 Å². The van der Waals surface area contributed by atoms with Gasteiger partial charge in [-0.25, -0.2) is 9.48 Å². The lowest BCUT2D eigenvalue weighted by molar-refractivity contribution is -0.139. The van der Waals surface area contributed by atoms with Crippen molar-refractivity contribution in [3.8, 4) is 0 Å². The van der Waals surface area contributed by atoms with E-state index in [-0.39, 0.29) is 17.5 Å². The molecule has 0 N–H and O–H groups in total. The SMILES string of the molecule is Cn1nc(C2CCCN(C(=O)C3CCC3)C2)n(Cc2ccccc2)c1=O. The van der Waals surface area contributed by atoms with E-state index in [9.17, 15) is 9.59 Å². The van der Waals surface area contributed by atoms with Gasteiger partial charge in [0.25, 0.3) is 0 Å². The molecule has 2 aromatic rings. The normalized spacial score (nSPS) is 20.8. The van der Waals surface area contributed by atoms with E-state index in [1.165, 1.54) is 11.1 Å². The quantitative estimate of drug-likeness (QED) is 0.845. The van der Waals surface area contributed by atoms with Gasteiger partial charge in [-0.05, 0) is 31.2 Å². The van der Waals surface area contributed by atoms with E-state index in [0.717, 1.165) is 43.6 Å². The lowest BCUT2D eigenvalue weighted by atomic mass is 9.83. The molecule has 2 fully saturated rings. The highest BCUT2D eigenvalue weighted by Crippen LogP contribution is 2.32. The maximum atomic E-state index is 12.6. The van der Waals surface area contributed by atoms with Crippen LogP contribution in [0.5, 0.6) is 0 Å². The summed E-state index contributed by atoms with van der Waals surface area (Å²) in [5.74, 6) is 1.47. The first-order valence-electron chi connectivity index (χ1n) is 9.60. The predicted octanol–water partition coefficient (Wildman–Crippen LogP) is 2.14. The Morgan fingerprint density at radius 2 is 1.92 bits per heavy atom. The highest BCUT2D eigenvalue weighted by Gasteiger charge is 2.34. The summed E-state index contributed by atoms with van der Waals surface area (Å²) in [7, 11) is 1.70. The smallest absolute Gasteiger partial charge is 0.342 e. The third kappa shape index (κ3) is 3.20. The number of hydrogen-bond donors (Lipinski definition) is 0. The van der Waals surface area contributed by atoms with Gasteiger partial charge in [-0.1, -0.05) is 36.8 Å². The standard InChI is InChI=1S/C20H26N4O2/c1-22-20(26)24(13-15-7-3-2-4-8-15)18(21-22)17-11-6-12-23(14-17)19(25)16-9-5-10-16/h2-4,7-8,16-17H,5-6,9-14H2,1H3. The molecule has 0 bridgehead atoms. The molecule has 1 aromatic carbocycles. The van der Waals surface area contributed by atoms with Gasteiger partial charge in [-0.15, -0.1) is 0 Å². The maximum Gasteiger partial charge on any atom is 0.345 e. The second-order valence-electron chi connectivity index (χ2n) is 7.59. The third-order valence-corrected chi connectivity index (χ3v) is 5.77. The average Bonchev–Trinajstić information content (AvgIpc) is 2.90. The van der Waals surface area contributed by atoms with E-state index >= 15 is 0 Å². The fourth-order valence-corrected chi connectivity index (χ4v) is 4.04. The second kappa shape index (κ2) is 7.09. The van der Waals surface area contributed by atoms with Gasteiger partial charge in [-0.2, -0.15) is 5.10 Å². The number of nitrogens with zero attached hydrogens (tertiary/aromatic N) is 4. The van der Waals surface area contributed by atoms with E-state index < -0.39 is 0 Å². The summed E-state index contributed by atoms with van der Waals surface area (Å²) in [5, 5.41) is 4.53. The van der Waals surface area contributed by atoms with Crippen LogP contribution in [-0.2, 0) is 18.4 Å². The molecule has 26 heavy (non-hydrogen) atoms. The van der Waals surface area contributed by atoms with Crippen LogP contribution in [0.25, 0.3) is 0 Å². The molecule has 1 unspecified atom stereocenters. The fourth-order valence-electron chi connectivity index (χ4n) is 4.04. The number of likely N-dealkylation sites (tertiary alicyclic amines) is 1. The molecule has 1 saturated carbocycles. The number of hydrogen-bond acceptors (Lipinski definition) is 3. The molecule has 1 aliphatic heterocycles. The first-order valence-corrected chi connectivity index (χ1v) is 9.60. The Balaban J connectivity index is 1.57. The predicted molar refractivity (Wildman–Crippen MR) is 98.9 cm³/mol. The van der Waals surface area contributed by atoms with Crippen molar-refractivity contribution in [2.75, 3.05) is 13.1 Å². The molecule has 1 amide bonds. The summed E-state index contributed by atoms with van der Waals surface area (Å²) in [4.78, 5) is 27.2. The Bertz CT molecular complexity index is 835. The Morgan fingerprint density at radius 1 is 1.15 bits per heavy atom. The molecule has 1 saturated heterocycles. The lowest BCUT2D eigenvalue weighted by Gasteiger charge is -2.37. The van der Waals surface area contributed by atoms with Gasteiger partial charge in [0.2, 0.25) is 5.91 Å². The Hall–Kier alpha value is -2.37. The fraction of sp³-hybridized carbons (Fsp3) is 0.550. The topological polar surface area (TPSA) is 60.1 Å². The van der Waals surface area contributed by atoms with Crippen LogP contribution in [0.1, 0.15) is 49.4 Å². The summed E-state index contributed by atoms with van der Waals surface area (Å²) in [5.41, 5.74) is 0.994. The van der Waals surface area contributed by atoms with E-state index in [1.807, 2.05) is 35.2 Å². The van der Waals surface area contributed by atoms with Crippen LogP contribution in [0.2, 0.25) is 0 Å². The minimum Gasteiger partial charge on any atom is -0.342 e. The number of aryl methyl sites for hydroxylation is 1. The zero-order valence-corrected chi connectivity index (χ0v) is 15.3. The van der Waals surface area contributed by atoms with Gasteiger partial charge in [0, 0.05) is 32.0 Å². The molecular weight excluding hydrogens is 328 g/mol. The number of aromatic nitrogens is 3. The molecule has 2 aliphatic rings. The van der Waals surface area contributed by atoms with Crippen LogP contribution < -0.4 is 5.69 Å². The van der Waals surface area contributed by atoms with Crippen molar-refractivity contribution in [1.82, 2.24) is 19.2 Å². The number of carbonyl (C=O) groups is 1. The van der Waals surface area contributed by atoms with E-state index in [1.54, 1.807) is 11.6 Å². The van der Waals surface area contributed by atoms with Crippen molar-refractivity contribution in [3.05, 3.63) is 52.2 Å². The molecule has 1 aromatic heterocycles. The van der Waals surface area contributed by atoms with Crippen LogP contribution in [-0.4, -0.2) is 38.2 Å². The molecule has 6 nitrogen and oxygen atoms in total. The molecule has 1 aliphatic carbocycles. The first kappa shape index (κ1) is 17.1. The van der Waals surface area contributed by atoms with Gasteiger partial charge in [-0.3, -0.25) is 9.36 Å². The number of piperidine rings is 1. The Kier molecular flexibility index (Phi) is 4.66. The molecule has 6 heteroatoms. The monoisotopic (exact) mass is 354 g/mol. The van der Waals surface area contributed by atoms with E-state index in [4.69, 9.17) is 0 Å². The minimum atomic E-state index is -0.0914. The zero-order chi connectivity index (χ0) is 18.1. The van der Waals surface area contributed by atoms with Crippen molar-refractivity contribution < 1.29 is 4.79 Å². The molecule has 0 radical (unpaired) electrons. The van der Waals surface area contributed by atoms with Crippen molar-refractivity contribution >= 4 is 5.91 Å². The Labute approximate surface area is 153 Å². The van der Waals surface area contributed by atoms with Gasteiger partial charge in [0.15, 0.2) is 0 Å². The average molecular weight is 354 g/mol. The highest BCUT2D eigenvalue weighted by molar-refractivity contribution is 5.79. The lowest BCUT2D eigenvalue weighted by Crippen LogP contribution is -2.44. The summed E-state index contributed by atoms with van der Waals surface area (Å²) in [6.07, 6.45) is 5.17. The molecular formula is C20H26N4O2. The number of carbonyl (C=O) groups excluding carboxylic acids is 1. The first-order chi connectivity index (χ1) is 12.6. The van der Waals surface area contributed by atoms with Crippen LogP contribution in [0.15, 0.2) is 35.1 Å². The summed E-state index contributed by atoms with van der Waals surface area (Å²) < 4.78 is 3.20. The molecule has 1 atom stereocenters. The molecule has 2 heterocycles. The van der Waals surface area contributed by atoms with Crippen LogP contribution in [0.3, 0.4) is 0 Å². The number of benzene rings is 1. The van der Waals surface area contributed by atoms with E-state index in [2.05, 4.69) is 5.10 Å². The molecule has 4 rings (SSSR count). The van der Waals surface area contributed by atoms with Gasteiger partial charge >= 0.3 is 5.69 Å².